The quantitative estimate of drug-likeness (QED) is 0.650. The van der Waals surface area contributed by atoms with Gasteiger partial charge in [-0.05, 0) is 54.3 Å². The van der Waals surface area contributed by atoms with E-state index in [2.05, 4.69) is 5.32 Å². The lowest BCUT2D eigenvalue weighted by Crippen LogP contribution is -2.39. The molecule has 0 fully saturated rings. The number of likely N-dealkylation sites (N-methyl/N-ethyl adjacent to an activating group) is 1. The molecule has 1 aliphatic heterocycles. The number of fused-ring (bicyclic) bond motifs is 1. The Morgan fingerprint density at radius 1 is 1.23 bits per heavy atom. The Hall–Kier alpha value is -3.42. The van der Waals surface area contributed by atoms with E-state index in [0.717, 1.165) is 11.3 Å². The maximum atomic E-state index is 13.5. The van der Waals surface area contributed by atoms with E-state index in [9.17, 15) is 18.8 Å². The Kier molecular flexibility index (Phi) is 6.66. The summed E-state index contributed by atoms with van der Waals surface area (Å²) in [5.41, 5.74) is 7.59. The number of benzene rings is 2. The number of carbonyl (C=O) groups excluding carboxylic acids is 3. The highest BCUT2D eigenvalue weighted by atomic mass is 19.1. The van der Waals surface area contributed by atoms with E-state index in [1.54, 1.807) is 18.2 Å². The number of anilines is 1. The van der Waals surface area contributed by atoms with Crippen molar-refractivity contribution in [3.63, 3.8) is 0 Å². The van der Waals surface area contributed by atoms with E-state index in [1.807, 2.05) is 6.07 Å². The molecular weight excluding hydrogens is 389 g/mol. The molecule has 0 saturated heterocycles. The molecule has 0 aliphatic carbocycles. The van der Waals surface area contributed by atoms with E-state index in [1.165, 1.54) is 30.1 Å². The van der Waals surface area contributed by atoms with Crippen molar-refractivity contribution in [3.05, 3.63) is 59.4 Å². The molecule has 1 aliphatic rings. The molecule has 0 spiro atoms. The van der Waals surface area contributed by atoms with Gasteiger partial charge in [0.05, 0.1) is 6.61 Å². The zero-order valence-corrected chi connectivity index (χ0v) is 16.7. The van der Waals surface area contributed by atoms with Crippen molar-refractivity contribution in [1.82, 2.24) is 4.90 Å². The molecule has 0 aromatic heterocycles. The van der Waals surface area contributed by atoms with Gasteiger partial charge in [0.15, 0.2) is 0 Å². The molecule has 0 radical (unpaired) electrons. The Balaban J connectivity index is 1.52. The zero-order valence-electron chi connectivity index (χ0n) is 16.7. The first-order chi connectivity index (χ1) is 14.3. The third kappa shape index (κ3) is 5.14. The fourth-order valence-electron chi connectivity index (χ4n) is 3.44. The topological polar surface area (TPSA) is 102 Å². The molecule has 3 N–H and O–H groups in total. The number of rotatable bonds is 8. The van der Waals surface area contributed by atoms with E-state index in [-0.39, 0.29) is 18.2 Å². The van der Waals surface area contributed by atoms with Gasteiger partial charge in [0.25, 0.3) is 0 Å². The minimum absolute atomic E-state index is 0.00584. The van der Waals surface area contributed by atoms with Gasteiger partial charge in [0.2, 0.25) is 17.7 Å². The van der Waals surface area contributed by atoms with E-state index in [0.29, 0.717) is 37.2 Å². The molecule has 2 aromatic rings. The summed E-state index contributed by atoms with van der Waals surface area (Å²) in [6.45, 7) is 0.311. The van der Waals surface area contributed by atoms with Gasteiger partial charge in [-0.1, -0.05) is 12.1 Å². The van der Waals surface area contributed by atoms with Gasteiger partial charge in [0.1, 0.15) is 17.6 Å². The second-order valence-electron chi connectivity index (χ2n) is 7.18. The zero-order chi connectivity index (χ0) is 21.7. The fourth-order valence-corrected chi connectivity index (χ4v) is 3.44. The number of ether oxygens (including phenoxy) is 1. The average molecular weight is 413 g/mol. The van der Waals surface area contributed by atoms with Crippen molar-refractivity contribution in [2.75, 3.05) is 19.0 Å². The summed E-state index contributed by atoms with van der Waals surface area (Å²) < 4.78 is 19.2. The van der Waals surface area contributed by atoms with Crippen LogP contribution in [0, 0.1) is 5.82 Å². The number of nitrogens with one attached hydrogen (secondary N) is 1. The van der Waals surface area contributed by atoms with Crippen LogP contribution in [0.2, 0.25) is 0 Å². The molecule has 2 aromatic carbocycles. The van der Waals surface area contributed by atoms with E-state index < -0.39 is 17.8 Å². The fraction of sp³-hybridized carbons (Fsp3) is 0.318. The normalized spacial score (nSPS) is 13.7. The number of hydrogen-bond acceptors (Lipinski definition) is 4. The lowest BCUT2D eigenvalue weighted by Gasteiger charge is -2.26. The summed E-state index contributed by atoms with van der Waals surface area (Å²) in [5.74, 6) is -0.849. The molecule has 1 unspecified atom stereocenters. The highest BCUT2D eigenvalue weighted by Crippen LogP contribution is 2.27. The minimum Gasteiger partial charge on any atom is -0.494 e. The average Bonchev–Trinajstić information content (AvgIpc) is 2.71. The van der Waals surface area contributed by atoms with Crippen LogP contribution in [0.4, 0.5) is 10.1 Å². The van der Waals surface area contributed by atoms with Crippen molar-refractivity contribution < 1.29 is 23.5 Å². The van der Waals surface area contributed by atoms with Crippen molar-refractivity contribution in [1.29, 1.82) is 0 Å². The Morgan fingerprint density at radius 3 is 2.77 bits per heavy atom. The number of nitrogens with zero attached hydrogens (tertiary/aromatic N) is 1. The molecule has 3 amide bonds. The van der Waals surface area contributed by atoms with Crippen LogP contribution < -0.4 is 15.8 Å². The maximum Gasteiger partial charge on any atom is 0.244 e. The Morgan fingerprint density at radius 2 is 2.03 bits per heavy atom. The van der Waals surface area contributed by atoms with Gasteiger partial charge in [-0.2, -0.15) is 0 Å². The lowest BCUT2D eigenvalue weighted by atomic mass is 10.0. The second-order valence-corrected chi connectivity index (χ2v) is 7.18. The van der Waals surface area contributed by atoms with Crippen LogP contribution in [0.25, 0.3) is 0 Å². The van der Waals surface area contributed by atoms with Crippen molar-refractivity contribution >= 4 is 23.4 Å². The van der Waals surface area contributed by atoms with Gasteiger partial charge in [-0.3, -0.25) is 14.4 Å². The van der Waals surface area contributed by atoms with Crippen LogP contribution in [0.15, 0.2) is 42.5 Å². The largest absolute Gasteiger partial charge is 0.494 e. The number of nitrogens with two attached hydrogens (primary N) is 1. The maximum absolute atomic E-state index is 13.5. The van der Waals surface area contributed by atoms with Gasteiger partial charge in [-0.25, -0.2) is 4.39 Å². The van der Waals surface area contributed by atoms with E-state index >= 15 is 0 Å². The van der Waals surface area contributed by atoms with Gasteiger partial charge in [-0.15, -0.1) is 0 Å². The summed E-state index contributed by atoms with van der Waals surface area (Å²) in [7, 11) is 1.47. The first-order valence-electron chi connectivity index (χ1n) is 9.71. The number of primary amides is 1. The van der Waals surface area contributed by atoms with Crippen LogP contribution in [0.3, 0.4) is 0 Å². The number of amides is 3. The molecule has 7 nitrogen and oxygen atoms in total. The van der Waals surface area contributed by atoms with Crippen molar-refractivity contribution in [3.8, 4) is 5.75 Å². The molecule has 158 valence electrons. The predicted molar refractivity (Wildman–Crippen MR) is 109 cm³/mol. The standard InChI is InChI=1S/C22H24FN3O4/c1-26(21(22(24)29)15-4-2-5-16(23)12-15)20(28)6-3-11-30-17-8-9-18-14(13-17)7-10-19(27)25-18/h2,4-5,8-9,12-13,21H,3,6-7,10-11H2,1H3,(H2,24,29)(H,25,27). The van der Waals surface area contributed by atoms with Crippen LogP contribution >= 0.6 is 0 Å². The van der Waals surface area contributed by atoms with Crippen LogP contribution in [0.5, 0.6) is 5.75 Å². The summed E-state index contributed by atoms with van der Waals surface area (Å²) in [5, 5.41) is 2.81. The minimum atomic E-state index is -1.04. The highest BCUT2D eigenvalue weighted by Gasteiger charge is 2.26. The predicted octanol–water partition coefficient (Wildman–Crippen LogP) is 2.55. The van der Waals surface area contributed by atoms with Crippen LogP contribution in [-0.2, 0) is 20.8 Å². The van der Waals surface area contributed by atoms with Crippen LogP contribution in [-0.4, -0.2) is 36.3 Å². The molecule has 8 heteroatoms. The molecule has 1 atom stereocenters. The van der Waals surface area contributed by atoms with Gasteiger partial charge < -0.3 is 20.7 Å². The number of hydrogen-bond donors (Lipinski definition) is 2. The summed E-state index contributed by atoms with van der Waals surface area (Å²) in [4.78, 5) is 37.0. The molecule has 0 saturated carbocycles. The first kappa shape index (κ1) is 21.3. The van der Waals surface area contributed by atoms with Crippen LogP contribution in [0.1, 0.15) is 36.4 Å². The lowest BCUT2D eigenvalue weighted by molar-refractivity contribution is -0.138. The monoisotopic (exact) mass is 413 g/mol. The number of aryl methyl sites for hydroxylation is 1. The van der Waals surface area contributed by atoms with Crippen molar-refractivity contribution in [2.45, 2.75) is 31.7 Å². The molecule has 0 bridgehead atoms. The highest BCUT2D eigenvalue weighted by molar-refractivity contribution is 5.94. The third-order valence-corrected chi connectivity index (χ3v) is 4.99. The summed E-state index contributed by atoms with van der Waals surface area (Å²) in [6.07, 6.45) is 1.70. The third-order valence-electron chi connectivity index (χ3n) is 4.99. The van der Waals surface area contributed by atoms with Gasteiger partial charge >= 0.3 is 0 Å². The number of carbonyl (C=O) groups is 3. The Bertz CT molecular complexity index is 963. The molecule has 30 heavy (non-hydrogen) atoms. The molecule has 3 rings (SSSR count). The molecular formula is C22H24FN3O4. The summed E-state index contributed by atoms with van der Waals surface area (Å²) in [6, 6.07) is 9.90. The smallest absolute Gasteiger partial charge is 0.244 e. The summed E-state index contributed by atoms with van der Waals surface area (Å²) >= 11 is 0. The van der Waals surface area contributed by atoms with Crippen molar-refractivity contribution in [2.24, 2.45) is 5.73 Å². The van der Waals surface area contributed by atoms with E-state index in [4.69, 9.17) is 10.5 Å². The van der Waals surface area contributed by atoms with Gasteiger partial charge in [0, 0.05) is 25.6 Å². The first-order valence-corrected chi connectivity index (χ1v) is 9.71. The molecule has 1 heterocycles. The number of halogens is 1. The Labute approximate surface area is 174 Å². The SMILES string of the molecule is CN(C(=O)CCCOc1ccc2c(c1)CCC(=O)N2)C(C(N)=O)c1cccc(F)c1. The second kappa shape index (κ2) is 9.39.